The summed E-state index contributed by atoms with van der Waals surface area (Å²) in [4.78, 5) is 7.31. The highest BCUT2D eigenvalue weighted by Crippen LogP contribution is 2.46. The summed E-state index contributed by atoms with van der Waals surface area (Å²) in [6, 6.07) is 58.9. The van der Waals surface area contributed by atoms with Gasteiger partial charge in [0, 0.05) is 45.4 Å². The van der Waals surface area contributed by atoms with Gasteiger partial charge < -0.3 is 14.1 Å². The minimum Gasteiger partial charge on any atom is -0.485 e. The van der Waals surface area contributed by atoms with E-state index in [1.807, 2.05) is 6.07 Å². The van der Waals surface area contributed by atoms with Crippen LogP contribution in [0.5, 0.6) is 5.75 Å². The van der Waals surface area contributed by atoms with Crippen LogP contribution in [0.25, 0.3) is 66.4 Å². The minimum absolute atomic E-state index is 0.0356. The molecule has 2 aliphatic carbocycles. The molecule has 9 aromatic rings. The summed E-state index contributed by atoms with van der Waals surface area (Å²) < 4.78 is 12.9. The maximum absolute atomic E-state index is 6.56. The molecule has 0 bridgehead atoms. The van der Waals surface area contributed by atoms with Gasteiger partial charge in [-0.25, -0.2) is 4.98 Å². The predicted molar refractivity (Wildman–Crippen MR) is 251 cm³/mol. The number of hydrogen-bond acceptors (Lipinski definition) is 4. The van der Waals surface area contributed by atoms with Gasteiger partial charge in [-0.15, -0.1) is 0 Å². The Morgan fingerprint density at radius 2 is 1.28 bits per heavy atom. The van der Waals surface area contributed by atoms with E-state index in [-0.39, 0.29) is 12.0 Å². The van der Waals surface area contributed by atoms with Crippen molar-refractivity contribution in [2.45, 2.75) is 24.4 Å². The lowest BCUT2D eigenvalue weighted by atomic mass is 9.91. The topological polar surface area (TPSA) is 38.5 Å². The normalized spacial score (nSPS) is 17.5. The maximum Gasteiger partial charge on any atom is 0.227 e. The van der Waals surface area contributed by atoms with Crippen molar-refractivity contribution in [1.82, 2.24) is 4.98 Å². The molecule has 0 N–H and O–H groups in total. The Labute approximate surface area is 354 Å². The summed E-state index contributed by atoms with van der Waals surface area (Å²) in [5, 5.41) is 4.52. The number of benzene rings is 8. The molecule has 3 aliphatic rings. The molecular weight excluding hydrogens is 745 g/mol. The molecule has 0 fully saturated rings. The second-order valence-corrected chi connectivity index (χ2v) is 16.2. The van der Waals surface area contributed by atoms with Gasteiger partial charge in [-0.05, 0) is 123 Å². The number of aromatic nitrogens is 1. The van der Waals surface area contributed by atoms with Gasteiger partial charge >= 0.3 is 0 Å². The Hall–Kier alpha value is -7.69. The standard InChI is InChI=1S/C57H40N2O2/c1-3-10-37(11-4-1)39-18-21-42(22-19-39)57-58-53-32-31-49-48(15-9-16-51(49)56(53)61-57)43-23-20-41-26-29-46(35-44(41)34-43)59(45-27-24-40(25-28-45)38-12-5-2-6-13-38)47-30-33-55-52(36-47)50-14-7-8-17-54(50)60-55/h1-12,14-36,38,50,54H,13H2. The van der Waals surface area contributed by atoms with Crippen LogP contribution in [-0.2, 0) is 0 Å². The van der Waals surface area contributed by atoms with Crippen LogP contribution in [0.3, 0.4) is 0 Å². The molecule has 8 aromatic carbocycles. The largest absolute Gasteiger partial charge is 0.485 e. The van der Waals surface area contributed by atoms with Gasteiger partial charge in [-0.1, -0.05) is 140 Å². The first kappa shape index (κ1) is 35.3. The average molecular weight is 785 g/mol. The fraction of sp³-hybridized carbons (Fsp3) is 0.0702. The third-order valence-electron chi connectivity index (χ3n) is 12.6. The molecule has 0 amide bonds. The first-order valence-corrected chi connectivity index (χ1v) is 21.1. The number of ether oxygens (including phenoxy) is 1. The SMILES string of the molecule is C1=CCC(c2ccc(N(c3ccc4c(c3)C3C=CC=CC3O4)c3ccc4ccc(-c5cccc6c5ccc5nc(-c7ccc(-c8ccccc8)cc7)oc56)cc4c3)cc2)C=C1. The van der Waals surface area contributed by atoms with Crippen LogP contribution in [0.1, 0.15) is 29.4 Å². The van der Waals surface area contributed by atoms with Gasteiger partial charge in [0.1, 0.15) is 17.4 Å². The summed E-state index contributed by atoms with van der Waals surface area (Å²) in [5.74, 6) is 2.17. The molecule has 1 aromatic heterocycles. The smallest absolute Gasteiger partial charge is 0.227 e. The van der Waals surface area contributed by atoms with Gasteiger partial charge in [-0.3, -0.25) is 0 Å². The van der Waals surface area contributed by atoms with Crippen LogP contribution in [0.4, 0.5) is 17.1 Å². The van der Waals surface area contributed by atoms with Gasteiger partial charge in [-0.2, -0.15) is 0 Å². The Morgan fingerprint density at radius 3 is 2.15 bits per heavy atom. The molecule has 290 valence electrons. The summed E-state index contributed by atoms with van der Waals surface area (Å²) in [7, 11) is 0. The molecule has 0 radical (unpaired) electrons. The maximum atomic E-state index is 6.56. The molecular formula is C57H40N2O2. The van der Waals surface area contributed by atoms with Crippen molar-refractivity contribution >= 4 is 49.7 Å². The molecule has 2 heterocycles. The predicted octanol–water partition coefficient (Wildman–Crippen LogP) is 15.2. The fourth-order valence-corrected chi connectivity index (χ4v) is 9.41. The number of oxazole rings is 1. The van der Waals surface area contributed by atoms with Crippen LogP contribution in [0.2, 0.25) is 0 Å². The van der Waals surface area contributed by atoms with E-state index < -0.39 is 0 Å². The van der Waals surface area contributed by atoms with E-state index in [1.54, 1.807) is 0 Å². The van der Waals surface area contributed by atoms with Crippen molar-refractivity contribution in [3.8, 4) is 39.5 Å². The highest BCUT2D eigenvalue weighted by atomic mass is 16.5. The van der Waals surface area contributed by atoms with E-state index >= 15 is 0 Å². The Kier molecular flexibility index (Phi) is 8.41. The molecule has 4 heteroatoms. The molecule has 0 spiro atoms. The van der Waals surface area contributed by atoms with Crippen LogP contribution in [0, 0.1) is 0 Å². The first-order chi connectivity index (χ1) is 30.2. The van der Waals surface area contributed by atoms with Crippen LogP contribution in [-0.4, -0.2) is 11.1 Å². The Bertz CT molecular complexity index is 3260. The number of anilines is 3. The quantitative estimate of drug-likeness (QED) is 0.161. The zero-order chi connectivity index (χ0) is 40.3. The van der Waals surface area contributed by atoms with E-state index in [1.165, 1.54) is 27.5 Å². The van der Waals surface area contributed by atoms with Gasteiger partial charge in [0.2, 0.25) is 5.89 Å². The second kappa shape index (κ2) is 14.5. The van der Waals surface area contributed by atoms with Crippen LogP contribution in [0.15, 0.2) is 217 Å². The molecule has 4 nitrogen and oxygen atoms in total. The molecule has 1 aliphatic heterocycles. The minimum atomic E-state index is 0.0356. The third kappa shape index (κ3) is 6.27. The van der Waals surface area contributed by atoms with Gasteiger partial charge in [0.15, 0.2) is 5.58 Å². The van der Waals surface area contributed by atoms with Gasteiger partial charge in [0.05, 0.1) is 0 Å². The van der Waals surface area contributed by atoms with Crippen molar-refractivity contribution in [1.29, 1.82) is 0 Å². The van der Waals surface area contributed by atoms with E-state index in [2.05, 4.69) is 211 Å². The Morgan fingerprint density at radius 1 is 0.525 bits per heavy atom. The molecule has 0 saturated heterocycles. The van der Waals surface area contributed by atoms with E-state index in [9.17, 15) is 0 Å². The van der Waals surface area contributed by atoms with Crippen LogP contribution < -0.4 is 9.64 Å². The van der Waals surface area contributed by atoms with E-state index in [0.29, 0.717) is 11.8 Å². The molecule has 61 heavy (non-hydrogen) atoms. The number of hydrogen-bond donors (Lipinski definition) is 0. The summed E-state index contributed by atoms with van der Waals surface area (Å²) in [6.45, 7) is 0. The van der Waals surface area contributed by atoms with Crippen molar-refractivity contribution in [3.63, 3.8) is 0 Å². The fourth-order valence-electron chi connectivity index (χ4n) is 9.41. The molecule has 3 unspecified atom stereocenters. The van der Waals surface area contributed by atoms with Crippen molar-refractivity contribution in [3.05, 3.63) is 224 Å². The summed E-state index contributed by atoms with van der Waals surface area (Å²) >= 11 is 0. The molecule has 12 rings (SSSR count). The average Bonchev–Trinajstić information content (AvgIpc) is 3.94. The highest BCUT2D eigenvalue weighted by Gasteiger charge is 2.33. The van der Waals surface area contributed by atoms with Crippen molar-refractivity contribution in [2.24, 2.45) is 0 Å². The number of rotatable bonds is 7. The lowest BCUT2D eigenvalue weighted by molar-refractivity contribution is 0.269. The summed E-state index contributed by atoms with van der Waals surface area (Å²) in [5.41, 5.74) is 13.1. The lowest BCUT2D eigenvalue weighted by Crippen LogP contribution is -2.15. The van der Waals surface area contributed by atoms with Crippen molar-refractivity contribution in [2.75, 3.05) is 4.90 Å². The highest BCUT2D eigenvalue weighted by molar-refractivity contribution is 6.10. The number of allylic oxidation sites excluding steroid dienone is 6. The monoisotopic (exact) mass is 784 g/mol. The van der Waals surface area contributed by atoms with Crippen LogP contribution >= 0.6 is 0 Å². The number of nitrogens with zero attached hydrogens (tertiary/aromatic N) is 2. The zero-order valence-corrected chi connectivity index (χ0v) is 33.4. The Balaban J connectivity index is 0.921. The second-order valence-electron chi connectivity index (χ2n) is 16.2. The summed E-state index contributed by atoms with van der Waals surface area (Å²) in [6.07, 6.45) is 18.5. The van der Waals surface area contributed by atoms with Crippen molar-refractivity contribution < 1.29 is 9.15 Å². The first-order valence-electron chi connectivity index (χ1n) is 21.1. The number of fused-ring (bicyclic) bond motifs is 7. The lowest BCUT2D eigenvalue weighted by Gasteiger charge is -2.27. The zero-order valence-electron chi connectivity index (χ0n) is 33.4. The third-order valence-corrected chi connectivity index (χ3v) is 12.6. The molecule has 3 atom stereocenters. The van der Waals surface area contributed by atoms with E-state index in [4.69, 9.17) is 14.1 Å². The van der Waals surface area contributed by atoms with E-state index in [0.717, 1.165) is 73.4 Å². The molecule has 0 saturated carbocycles. The van der Waals surface area contributed by atoms with Gasteiger partial charge in [0.25, 0.3) is 0 Å².